The lowest BCUT2D eigenvalue weighted by Crippen LogP contribution is -2.51. The second kappa shape index (κ2) is 8.29. The van der Waals surface area contributed by atoms with E-state index in [1.165, 1.54) is 56.9 Å². The molecule has 0 spiro atoms. The molecule has 7 rings (SSSR count). The van der Waals surface area contributed by atoms with Gasteiger partial charge in [-0.1, -0.05) is 17.7 Å². The molecule has 5 saturated carbocycles. The molecule has 5 heteroatoms. The van der Waals surface area contributed by atoms with E-state index in [0.29, 0.717) is 22.0 Å². The molecule has 32 heavy (non-hydrogen) atoms. The van der Waals surface area contributed by atoms with Crippen molar-refractivity contribution >= 4 is 17.5 Å². The molecule has 4 nitrogen and oxygen atoms in total. The van der Waals surface area contributed by atoms with Crippen molar-refractivity contribution in [2.75, 3.05) is 26.7 Å². The molecule has 1 amide bonds. The summed E-state index contributed by atoms with van der Waals surface area (Å²) in [6, 6.07) is 6.75. The number of amides is 1. The quantitative estimate of drug-likeness (QED) is 0.652. The van der Waals surface area contributed by atoms with E-state index in [1.807, 2.05) is 12.1 Å². The van der Waals surface area contributed by atoms with Gasteiger partial charge in [0.2, 0.25) is 0 Å². The normalized spacial score (nSPS) is 40.1. The van der Waals surface area contributed by atoms with E-state index in [-0.39, 0.29) is 5.91 Å². The number of carbonyl (C=O) groups is 1. The minimum absolute atomic E-state index is 0.0153. The molecule has 1 aromatic carbocycles. The average molecular weight is 456 g/mol. The van der Waals surface area contributed by atoms with Crippen LogP contribution in [0.3, 0.4) is 0 Å². The van der Waals surface area contributed by atoms with Crippen LogP contribution in [-0.4, -0.2) is 43.5 Å². The molecule has 0 radical (unpaired) electrons. The summed E-state index contributed by atoms with van der Waals surface area (Å²) in [4.78, 5) is 15.8. The number of benzene rings is 1. The molecule has 1 heterocycles. The largest absolute Gasteiger partial charge is 0.351 e. The summed E-state index contributed by atoms with van der Waals surface area (Å²) in [6.07, 6.45) is 10.9. The highest BCUT2D eigenvalue weighted by Crippen LogP contribution is 2.59. The summed E-state index contributed by atoms with van der Waals surface area (Å²) in [6.45, 7) is 4.04. The number of hydrogen-bond donors (Lipinski definition) is 2. The Hall–Kier alpha value is -1.10. The average Bonchev–Trinajstić information content (AvgIpc) is 3.01. The van der Waals surface area contributed by atoms with E-state index in [1.54, 1.807) is 0 Å². The molecular formula is C27H38ClN3O. The number of nitrogens with zero attached hydrogens (tertiary/aromatic N) is 1. The first-order chi connectivity index (χ1) is 15.5. The lowest BCUT2D eigenvalue weighted by molar-refractivity contribution is -0.0503. The van der Waals surface area contributed by atoms with Crippen LogP contribution in [0.25, 0.3) is 0 Å². The highest BCUT2D eigenvalue weighted by Gasteiger charge is 2.50. The fraction of sp³-hybridized carbons (Fsp3) is 0.741. The molecule has 6 bridgehead atoms. The van der Waals surface area contributed by atoms with Gasteiger partial charge in [-0.3, -0.25) is 9.69 Å². The van der Waals surface area contributed by atoms with E-state index in [0.717, 1.165) is 55.8 Å². The predicted octanol–water partition coefficient (Wildman–Crippen LogP) is 4.72. The lowest BCUT2D eigenvalue weighted by Gasteiger charge is -2.56. The smallest absolute Gasteiger partial charge is 0.252 e. The third kappa shape index (κ3) is 3.91. The van der Waals surface area contributed by atoms with Crippen LogP contribution in [0, 0.1) is 35.0 Å². The van der Waals surface area contributed by atoms with Crippen molar-refractivity contribution in [3.63, 3.8) is 0 Å². The van der Waals surface area contributed by atoms with Gasteiger partial charge in [0.25, 0.3) is 5.91 Å². The van der Waals surface area contributed by atoms with E-state index in [4.69, 9.17) is 11.6 Å². The molecule has 6 aliphatic rings. The maximum atomic E-state index is 13.2. The van der Waals surface area contributed by atoms with Crippen LogP contribution in [0.4, 0.5) is 0 Å². The Bertz CT molecular complexity index is 836. The van der Waals surface area contributed by atoms with Gasteiger partial charge in [0.15, 0.2) is 0 Å². The molecule has 1 aromatic rings. The van der Waals surface area contributed by atoms with E-state index < -0.39 is 0 Å². The van der Waals surface area contributed by atoms with Crippen LogP contribution in [0.5, 0.6) is 0 Å². The summed E-state index contributed by atoms with van der Waals surface area (Å²) in [7, 11) is 2.11. The van der Waals surface area contributed by atoms with Crippen LogP contribution in [0.15, 0.2) is 18.2 Å². The van der Waals surface area contributed by atoms with E-state index >= 15 is 0 Å². The molecule has 2 unspecified atom stereocenters. The van der Waals surface area contributed by atoms with Gasteiger partial charge in [0, 0.05) is 32.2 Å². The monoisotopic (exact) mass is 455 g/mol. The first-order valence-electron chi connectivity index (χ1n) is 13.0. The minimum atomic E-state index is 0.0153. The van der Waals surface area contributed by atoms with Gasteiger partial charge in [0.05, 0.1) is 10.6 Å². The summed E-state index contributed by atoms with van der Waals surface area (Å²) in [5, 5.41) is 7.44. The topological polar surface area (TPSA) is 44.4 Å². The Balaban J connectivity index is 1.10. The zero-order valence-electron chi connectivity index (χ0n) is 19.4. The van der Waals surface area contributed by atoms with Crippen LogP contribution in [0.1, 0.15) is 67.3 Å². The third-order valence-electron chi connectivity index (χ3n) is 9.71. The molecule has 1 aliphatic heterocycles. The molecule has 2 N–H and O–H groups in total. The first kappa shape index (κ1) is 21.4. The standard InChI is InChI=1S/C27H38ClN3O/c1-29-25-21-3-4-22(25)15-31(14-21)13-17-2-5-24(28)23(9-17)26(32)30-16-27-10-18-6-19(11-27)8-20(7-18)12-27/h2,5,9,18-22,25,29H,3-4,6-8,10-16H2,1H3,(H,30,32). The van der Waals surface area contributed by atoms with Gasteiger partial charge in [-0.15, -0.1) is 0 Å². The third-order valence-corrected chi connectivity index (χ3v) is 10.0. The maximum absolute atomic E-state index is 13.2. The Morgan fingerprint density at radius 2 is 1.69 bits per heavy atom. The highest BCUT2D eigenvalue weighted by molar-refractivity contribution is 6.33. The van der Waals surface area contributed by atoms with Gasteiger partial charge < -0.3 is 10.6 Å². The summed E-state index contributed by atoms with van der Waals surface area (Å²) >= 11 is 6.50. The molecule has 174 valence electrons. The predicted molar refractivity (Wildman–Crippen MR) is 129 cm³/mol. The van der Waals surface area contributed by atoms with Crippen molar-refractivity contribution in [2.45, 2.75) is 64.0 Å². The van der Waals surface area contributed by atoms with Crippen molar-refractivity contribution < 1.29 is 4.79 Å². The van der Waals surface area contributed by atoms with Crippen LogP contribution >= 0.6 is 11.6 Å². The SMILES string of the molecule is CNC1C2CCC1CN(Cc1ccc(Cl)c(C(=O)NCC34CC5CC(CC(C5)C3)C4)c1)C2. The number of nitrogens with one attached hydrogen (secondary N) is 2. The zero-order chi connectivity index (χ0) is 21.9. The van der Waals surface area contributed by atoms with Crippen molar-refractivity contribution in [3.8, 4) is 0 Å². The Morgan fingerprint density at radius 3 is 2.28 bits per heavy atom. The summed E-state index contributed by atoms with van der Waals surface area (Å²) in [5.74, 6) is 4.26. The molecule has 6 fully saturated rings. The molecule has 0 aromatic heterocycles. The number of carbonyl (C=O) groups excluding carboxylic acids is 1. The number of rotatable bonds is 6. The van der Waals surface area contributed by atoms with E-state index in [2.05, 4.69) is 28.6 Å². The Morgan fingerprint density at radius 1 is 1.06 bits per heavy atom. The van der Waals surface area contributed by atoms with Gasteiger partial charge in [-0.25, -0.2) is 0 Å². The van der Waals surface area contributed by atoms with Crippen LogP contribution in [-0.2, 0) is 6.54 Å². The summed E-state index contributed by atoms with van der Waals surface area (Å²) < 4.78 is 0. The van der Waals surface area contributed by atoms with E-state index in [9.17, 15) is 4.79 Å². The second-order valence-corrected chi connectivity index (χ2v) is 12.4. The Labute approximate surface area is 197 Å². The second-order valence-electron chi connectivity index (χ2n) is 12.0. The van der Waals surface area contributed by atoms with Crippen molar-refractivity contribution in [1.82, 2.24) is 15.5 Å². The molecule has 5 aliphatic carbocycles. The number of fused-ring (bicyclic) bond motifs is 2. The fourth-order valence-corrected chi connectivity index (χ4v) is 9.10. The fourth-order valence-electron chi connectivity index (χ4n) is 8.89. The number of likely N-dealkylation sites (tertiary alicyclic amines) is 1. The van der Waals surface area contributed by atoms with Crippen LogP contribution in [0.2, 0.25) is 5.02 Å². The van der Waals surface area contributed by atoms with Crippen LogP contribution < -0.4 is 10.6 Å². The highest BCUT2D eigenvalue weighted by atomic mass is 35.5. The minimum Gasteiger partial charge on any atom is -0.351 e. The number of piperidine rings is 1. The summed E-state index contributed by atoms with van der Waals surface area (Å²) in [5.41, 5.74) is 2.21. The zero-order valence-corrected chi connectivity index (χ0v) is 20.2. The Kier molecular flexibility index (Phi) is 5.55. The van der Waals surface area contributed by atoms with Crippen molar-refractivity contribution in [1.29, 1.82) is 0 Å². The van der Waals surface area contributed by atoms with Crippen molar-refractivity contribution in [3.05, 3.63) is 34.3 Å². The van der Waals surface area contributed by atoms with Gasteiger partial charge in [0.1, 0.15) is 0 Å². The lowest BCUT2D eigenvalue weighted by atomic mass is 9.49. The van der Waals surface area contributed by atoms with Gasteiger partial charge in [-0.2, -0.15) is 0 Å². The van der Waals surface area contributed by atoms with Crippen molar-refractivity contribution in [2.24, 2.45) is 35.0 Å². The molecular weight excluding hydrogens is 418 g/mol. The first-order valence-corrected chi connectivity index (χ1v) is 13.3. The maximum Gasteiger partial charge on any atom is 0.252 e. The van der Waals surface area contributed by atoms with Gasteiger partial charge >= 0.3 is 0 Å². The van der Waals surface area contributed by atoms with Gasteiger partial charge in [-0.05, 0) is 111 Å². The molecule has 2 atom stereocenters. The number of hydrogen-bond acceptors (Lipinski definition) is 3. The number of halogens is 1. The molecule has 1 saturated heterocycles.